The quantitative estimate of drug-likeness (QED) is 0.368. The third-order valence-corrected chi connectivity index (χ3v) is 6.34. The van der Waals surface area contributed by atoms with Crippen LogP contribution in [0.25, 0.3) is 0 Å². The molecule has 3 rings (SSSR count). The van der Waals surface area contributed by atoms with Crippen molar-refractivity contribution in [3.05, 3.63) is 80.4 Å². The Balaban J connectivity index is 1.81. The molecule has 2 atom stereocenters. The number of sulfonamides is 1. The Hall–Kier alpha value is -1.96. The topological polar surface area (TPSA) is 90.9 Å². The standard InChI is InChI=1S/C22H26F2IN3O4S/c1-14-22(27-33(2,30)31)28(13-32-14)20(9-16-6-17(23)10-18(24)7-16)21(29)12-26-11-15-4-3-5-19(25)8-15/h3-8,10,20-21,26-27,29H,9,11-13H2,1-2H3/t20-,21+/m0/s1. The van der Waals surface area contributed by atoms with Crippen molar-refractivity contribution in [2.75, 3.05) is 19.5 Å². The van der Waals surface area contributed by atoms with Gasteiger partial charge in [-0.1, -0.05) is 12.1 Å². The van der Waals surface area contributed by atoms with Crippen molar-refractivity contribution in [3.63, 3.8) is 0 Å². The number of hydrogen-bond donors (Lipinski definition) is 3. The van der Waals surface area contributed by atoms with Crippen LogP contribution in [0.3, 0.4) is 0 Å². The lowest BCUT2D eigenvalue weighted by molar-refractivity contribution is 0.0340. The largest absolute Gasteiger partial charge is 0.474 e. The Bertz CT molecular complexity index is 1110. The number of rotatable bonds is 10. The number of nitrogens with zero attached hydrogens (tertiary/aromatic N) is 1. The van der Waals surface area contributed by atoms with Crippen LogP contribution in [0.1, 0.15) is 18.1 Å². The van der Waals surface area contributed by atoms with E-state index in [1.807, 2.05) is 24.3 Å². The summed E-state index contributed by atoms with van der Waals surface area (Å²) in [5, 5.41) is 14.2. The molecule has 7 nitrogen and oxygen atoms in total. The molecular weight excluding hydrogens is 567 g/mol. The summed E-state index contributed by atoms with van der Waals surface area (Å²) in [7, 11) is -3.62. The lowest BCUT2D eigenvalue weighted by Crippen LogP contribution is -2.50. The molecule has 0 radical (unpaired) electrons. The second-order valence-electron chi connectivity index (χ2n) is 7.90. The third-order valence-electron chi connectivity index (χ3n) is 5.11. The summed E-state index contributed by atoms with van der Waals surface area (Å²) >= 11 is 2.22. The van der Waals surface area contributed by atoms with Crippen molar-refractivity contribution >= 4 is 32.6 Å². The Morgan fingerprint density at radius 3 is 2.52 bits per heavy atom. The maximum atomic E-state index is 13.8. The molecule has 0 unspecified atom stereocenters. The maximum absolute atomic E-state index is 13.8. The molecular formula is C22H26F2IN3O4S. The normalized spacial score (nSPS) is 16.0. The van der Waals surface area contributed by atoms with Crippen molar-refractivity contribution in [3.8, 4) is 0 Å². The number of allylic oxidation sites excluding steroid dienone is 1. The summed E-state index contributed by atoms with van der Waals surface area (Å²) in [4.78, 5) is 1.57. The molecule has 2 aromatic rings. The first-order valence-electron chi connectivity index (χ1n) is 10.2. The van der Waals surface area contributed by atoms with Gasteiger partial charge in [-0.2, -0.15) is 0 Å². The Labute approximate surface area is 206 Å². The van der Waals surface area contributed by atoms with Crippen LogP contribution in [-0.2, 0) is 27.7 Å². The molecule has 33 heavy (non-hydrogen) atoms. The van der Waals surface area contributed by atoms with Crippen LogP contribution in [0.15, 0.2) is 54.0 Å². The fourth-order valence-corrected chi connectivity index (χ4v) is 4.86. The van der Waals surface area contributed by atoms with E-state index in [0.29, 0.717) is 17.9 Å². The van der Waals surface area contributed by atoms with Gasteiger partial charge in [-0.25, -0.2) is 17.2 Å². The van der Waals surface area contributed by atoms with Gasteiger partial charge in [0.05, 0.1) is 18.4 Å². The third kappa shape index (κ3) is 7.52. The van der Waals surface area contributed by atoms with Gasteiger partial charge in [0.1, 0.15) is 17.4 Å². The molecule has 0 saturated carbocycles. The van der Waals surface area contributed by atoms with Gasteiger partial charge in [-0.15, -0.1) is 0 Å². The van der Waals surface area contributed by atoms with Crippen LogP contribution in [0.4, 0.5) is 8.78 Å². The summed E-state index contributed by atoms with van der Waals surface area (Å²) in [6, 6.07) is 10.3. The van der Waals surface area contributed by atoms with E-state index in [9.17, 15) is 22.3 Å². The van der Waals surface area contributed by atoms with Gasteiger partial charge in [0.2, 0.25) is 10.0 Å². The molecule has 3 N–H and O–H groups in total. The lowest BCUT2D eigenvalue weighted by atomic mass is 9.99. The molecule has 0 fully saturated rings. The van der Waals surface area contributed by atoms with E-state index < -0.39 is 33.8 Å². The summed E-state index contributed by atoms with van der Waals surface area (Å²) in [5.41, 5.74) is 1.37. The van der Waals surface area contributed by atoms with Gasteiger partial charge < -0.3 is 20.1 Å². The average molecular weight is 593 g/mol. The monoisotopic (exact) mass is 593 g/mol. The van der Waals surface area contributed by atoms with Crippen molar-refractivity contribution in [1.82, 2.24) is 14.9 Å². The predicted molar refractivity (Wildman–Crippen MR) is 129 cm³/mol. The number of aliphatic hydroxyl groups is 1. The first-order chi connectivity index (χ1) is 15.5. The fraction of sp³-hybridized carbons (Fsp3) is 0.364. The van der Waals surface area contributed by atoms with Crippen molar-refractivity contribution in [2.45, 2.75) is 32.0 Å². The van der Waals surface area contributed by atoms with Crippen LogP contribution in [0, 0.1) is 15.2 Å². The Morgan fingerprint density at radius 2 is 1.88 bits per heavy atom. The molecule has 1 aliphatic heterocycles. The molecule has 1 heterocycles. The van der Waals surface area contributed by atoms with Gasteiger partial charge in [-0.3, -0.25) is 4.72 Å². The minimum Gasteiger partial charge on any atom is -0.474 e. The van der Waals surface area contributed by atoms with E-state index >= 15 is 0 Å². The molecule has 180 valence electrons. The second-order valence-corrected chi connectivity index (χ2v) is 10.9. The van der Waals surface area contributed by atoms with E-state index in [0.717, 1.165) is 21.5 Å². The summed E-state index contributed by atoms with van der Waals surface area (Å²) in [6.45, 7) is 2.26. The summed E-state index contributed by atoms with van der Waals surface area (Å²) < 4.78 is 60.4. The van der Waals surface area contributed by atoms with E-state index in [-0.39, 0.29) is 25.5 Å². The maximum Gasteiger partial charge on any atom is 0.231 e. The highest BCUT2D eigenvalue weighted by atomic mass is 127. The van der Waals surface area contributed by atoms with Gasteiger partial charge in [0.15, 0.2) is 12.6 Å². The number of hydrogen-bond acceptors (Lipinski definition) is 6. The first-order valence-corrected chi connectivity index (χ1v) is 13.1. The van der Waals surface area contributed by atoms with Crippen LogP contribution < -0.4 is 10.0 Å². The highest BCUT2D eigenvalue weighted by Crippen LogP contribution is 2.25. The van der Waals surface area contributed by atoms with Crippen LogP contribution in [-0.4, -0.2) is 50.1 Å². The molecule has 0 bridgehead atoms. The minimum atomic E-state index is -3.62. The fourth-order valence-electron chi connectivity index (χ4n) is 3.64. The van der Waals surface area contributed by atoms with Crippen molar-refractivity contribution in [2.24, 2.45) is 0 Å². The number of halogens is 3. The Kier molecular flexibility index (Phi) is 8.54. The zero-order valence-electron chi connectivity index (χ0n) is 18.2. The van der Waals surface area contributed by atoms with Gasteiger partial charge in [-0.05, 0) is 71.3 Å². The van der Waals surface area contributed by atoms with Crippen LogP contribution in [0.2, 0.25) is 0 Å². The average Bonchev–Trinajstić information content (AvgIpc) is 3.04. The zero-order chi connectivity index (χ0) is 24.2. The molecule has 11 heteroatoms. The molecule has 0 amide bonds. The van der Waals surface area contributed by atoms with Crippen molar-refractivity contribution in [1.29, 1.82) is 0 Å². The smallest absolute Gasteiger partial charge is 0.231 e. The molecule has 2 aromatic carbocycles. The van der Waals surface area contributed by atoms with E-state index in [1.54, 1.807) is 11.8 Å². The number of benzene rings is 2. The van der Waals surface area contributed by atoms with Crippen LogP contribution >= 0.6 is 22.6 Å². The highest BCUT2D eigenvalue weighted by Gasteiger charge is 2.34. The number of ether oxygens (including phenoxy) is 1. The number of nitrogens with one attached hydrogen (secondary N) is 2. The summed E-state index contributed by atoms with van der Waals surface area (Å²) in [6.07, 6.45) is 0.0664. The minimum absolute atomic E-state index is 0.0138. The molecule has 1 aliphatic rings. The predicted octanol–water partition coefficient (Wildman–Crippen LogP) is 2.66. The molecule has 0 saturated heterocycles. The van der Waals surface area contributed by atoms with Gasteiger partial charge >= 0.3 is 0 Å². The molecule has 0 aliphatic carbocycles. The highest BCUT2D eigenvalue weighted by molar-refractivity contribution is 14.1. The molecule has 0 spiro atoms. The zero-order valence-corrected chi connectivity index (χ0v) is 21.2. The van der Waals surface area contributed by atoms with Crippen molar-refractivity contribution < 1.29 is 27.0 Å². The van der Waals surface area contributed by atoms with Gasteiger partial charge in [0, 0.05) is 22.7 Å². The Morgan fingerprint density at radius 1 is 1.18 bits per heavy atom. The van der Waals surface area contributed by atoms with E-state index in [1.165, 1.54) is 12.1 Å². The van der Waals surface area contributed by atoms with E-state index in [2.05, 4.69) is 32.6 Å². The van der Waals surface area contributed by atoms with E-state index in [4.69, 9.17) is 4.74 Å². The SMILES string of the molecule is CC1=C(NS(C)(=O)=O)N([C@@H](Cc2cc(F)cc(F)c2)[C@H](O)CNCc2cccc(I)c2)CO1. The first kappa shape index (κ1) is 25.7. The number of aliphatic hydroxyl groups excluding tert-OH is 1. The molecule has 0 aromatic heterocycles. The van der Waals surface area contributed by atoms with Crippen LogP contribution in [0.5, 0.6) is 0 Å². The van der Waals surface area contributed by atoms with Gasteiger partial charge in [0.25, 0.3) is 0 Å². The lowest BCUT2D eigenvalue weighted by Gasteiger charge is -2.34. The summed E-state index contributed by atoms with van der Waals surface area (Å²) in [5.74, 6) is -0.922. The second kappa shape index (κ2) is 11.0.